The molecule has 15 heavy (non-hydrogen) atoms. The van der Waals surface area contributed by atoms with Crippen molar-refractivity contribution in [2.24, 2.45) is 0 Å². The monoisotopic (exact) mass is 200 g/mol. The van der Waals surface area contributed by atoms with Gasteiger partial charge >= 0.3 is 0 Å². The number of fused-ring (bicyclic) bond motifs is 1. The molecule has 0 radical (unpaired) electrons. The summed E-state index contributed by atoms with van der Waals surface area (Å²) in [5.41, 5.74) is 1.11. The Hall–Kier alpha value is -1.88. The summed E-state index contributed by atoms with van der Waals surface area (Å²) in [6.45, 7) is 0.319. The van der Waals surface area contributed by atoms with E-state index >= 15 is 0 Å². The summed E-state index contributed by atoms with van der Waals surface area (Å²) in [6.07, 6.45) is 11.0. The molecule has 0 unspecified atom stereocenters. The predicted molar refractivity (Wildman–Crippen MR) is 59.7 cm³/mol. The molecule has 0 aliphatic carbocycles. The molecule has 0 amide bonds. The average molecular weight is 200 g/mol. The van der Waals surface area contributed by atoms with Gasteiger partial charge in [0.25, 0.3) is 0 Å². The smallest absolute Gasteiger partial charge is 0.231 e. The number of hydrogen-bond acceptors (Lipinski definition) is 2. The maximum absolute atomic E-state index is 5.28. The Morgan fingerprint density at radius 2 is 2.20 bits per heavy atom. The molecule has 0 N–H and O–H groups in total. The molecule has 0 saturated heterocycles. The maximum Gasteiger partial charge on any atom is 0.231 e. The largest absolute Gasteiger partial charge is 0.454 e. The summed E-state index contributed by atoms with van der Waals surface area (Å²) in [7, 11) is 0. The van der Waals surface area contributed by atoms with Crippen molar-refractivity contribution in [3.8, 4) is 23.8 Å². The molecule has 1 aliphatic rings. The van der Waals surface area contributed by atoms with Crippen molar-refractivity contribution < 1.29 is 9.47 Å². The van der Waals surface area contributed by atoms with E-state index in [0.717, 1.165) is 29.9 Å². The van der Waals surface area contributed by atoms with Crippen LogP contribution in [0, 0.1) is 12.3 Å². The van der Waals surface area contributed by atoms with Crippen molar-refractivity contribution >= 4 is 6.08 Å². The van der Waals surface area contributed by atoms with Crippen LogP contribution in [0.2, 0.25) is 0 Å². The molecule has 1 aliphatic heterocycles. The van der Waals surface area contributed by atoms with Gasteiger partial charge in [-0.1, -0.05) is 18.2 Å². The van der Waals surface area contributed by atoms with E-state index in [9.17, 15) is 0 Å². The quantitative estimate of drug-likeness (QED) is 0.551. The van der Waals surface area contributed by atoms with Gasteiger partial charge in [0.1, 0.15) is 0 Å². The lowest BCUT2D eigenvalue weighted by Gasteiger charge is -1.97. The molecular formula is C13H12O2. The number of rotatable bonds is 3. The molecule has 2 nitrogen and oxygen atoms in total. The first-order valence-electron chi connectivity index (χ1n) is 4.90. The highest BCUT2D eigenvalue weighted by Crippen LogP contribution is 2.32. The third-order valence-electron chi connectivity index (χ3n) is 2.16. The van der Waals surface area contributed by atoms with Crippen LogP contribution < -0.4 is 9.47 Å². The molecule has 0 bridgehead atoms. The lowest BCUT2D eigenvalue weighted by atomic mass is 10.1. The Morgan fingerprint density at radius 3 is 3.07 bits per heavy atom. The van der Waals surface area contributed by atoms with Crippen molar-refractivity contribution in [1.29, 1.82) is 0 Å². The Morgan fingerprint density at radius 1 is 1.33 bits per heavy atom. The first-order chi connectivity index (χ1) is 7.40. The first-order valence-corrected chi connectivity index (χ1v) is 4.90. The summed E-state index contributed by atoms with van der Waals surface area (Å²) in [6, 6.07) is 5.89. The van der Waals surface area contributed by atoms with E-state index in [1.807, 2.05) is 24.3 Å². The fourth-order valence-electron chi connectivity index (χ4n) is 1.40. The lowest BCUT2D eigenvalue weighted by Crippen LogP contribution is -1.92. The van der Waals surface area contributed by atoms with E-state index in [2.05, 4.69) is 12.0 Å². The normalized spacial score (nSPS) is 13.0. The van der Waals surface area contributed by atoms with Gasteiger partial charge in [0.15, 0.2) is 11.5 Å². The van der Waals surface area contributed by atoms with Crippen molar-refractivity contribution in [2.75, 3.05) is 6.79 Å². The van der Waals surface area contributed by atoms with Gasteiger partial charge in [0.05, 0.1) is 0 Å². The van der Waals surface area contributed by atoms with E-state index in [0.29, 0.717) is 6.79 Å². The number of allylic oxidation sites excluding steroid dienone is 1. The van der Waals surface area contributed by atoms with Crippen LogP contribution in [0.5, 0.6) is 11.5 Å². The van der Waals surface area contributed by atoms with Crippen LogP contribution >= 0.6 is 0 Å². The van der Waals surface area contributed by atoms with Gasteiger partial charge in [-0.25, -0.2) is 0 Å². The molecule has 0 spiro atoms. The number of unbranched alkanes of at least 4 members (excludes halogenated alkanes) is 1. The summed E-state index contributed by atoms with van der Waals surface area (Å²) in [5, 5.41) is 0. The zero-order valence-electron chi connectivity index (χ0n) is 8.40. The van der Waals surface area contributed by atoms with Crippen LogP contribution in [0.4, 0.5) is 0 Å². The van der Waals surface area contributed by atoms with Crippen LogP contribution in [0.1, 0.15) is 18.4 Å². The van der Waals surface area contributed by atoms with Crippen LogP contribution in [-0.4, -0.2) is 6.79 Å². The molecule has 0 fully saturated rings. The van der Waals surface area contributed by atoms with Crippen LogP contribution in [0.15, 0.2) is 24.3 Å². The molecule has 0 saturated carbocycles. The Kier molecular flexibility index (Phi) is 2.94. The zero-order valence-corrected chi connectivity index (χ0v) is 8.40. The van der Waals surface area contributed by atoms with Crippen LogP contribution in [0.3, 0.4) is 0 Å². The van der Waals surface area contributed by atoms with E-state index in [1.54, 1.807) is 0 Å². The first kappa shape index (κ1) is 9.67. The Balaban J connectivity index is 2.04. The second-order valence-electron chi connectivity index (χ2n) is 3.26. The lowest BCUT2D eigenvalue weighted by molar-refractivity contribution is 0.174. The fraction of sp³-hybridized carbons (Fsp3) is 0.231. The highest BCUT2D eigenvalue weighted by atomic mass is 16.7. The highest BCUT2D eigenvalue weighted by molar-refractivity contribution is 5.56. The van der Waals surface area contributed by atoms with E-state index in [-0.39, 0.29) is 0 Å². The van der Waals surface area contributed by atoms with Gasteiger partial charge in [0.2, 0.25) is 6.79 Å². The molecule has 2 heteroatoms. The van der Waals surface area contributed by atoms with Gasteiger partial charge in [-0.3, -0.25) is 0 Å². The number of benzene rings is 1. The number of hydrogen-bond donors (Lipinski definition) is 0. The second kappa shape index (κ2) is 4.56. The van der Waals surface area contributed by atoms with Gasteiger partial charge in [-0.2, -0.15) is 0 Å². The summed E-state index contributed by atoms with van der Waals surface area (Å²) in [5.74, 6) is 4.23. The summed E-state index contributed by atoms with van der Waals surface area (Å²) >= 11 is 0. The SMILES string of the molecule is C#CCC/C=C/c1ccc2c(c1)OCO2. The van der Waals surface area contributed by atoms with Crippen molar-refractivity contribution in [2.45, 2.75) is 12.8 Å². The average Bonchev–Trinajstić information content (AvgIpc) is 2.71. The van der Waals surface area contributed by atoms with Gasteiger partial charge in [0, 0.05) is 6.42 Å². The third-order valence-corrected chi connectivity index (χ3v) is 2.16. The van der Waals surface area contributed by atoms with E-state index in [4.69, 9.17) is 15.9 Å². The molecule has 2 rings (SSSR count). The van der Waals surface area contributed by atoms with Crippen molar-refractivity contribution in [3.63, 3.8) is 0 Å². The van der Waals surface area contributed by atoms with Gasteiger partial charge in [-0.05, 0) is 24.1 Å². The summed E-state index contributed by atoms with van der Waals surface area (Å²) in [4.78, 5) is 0. The fourth-order valence-corrected chi connectivity index (χ4v) is 1.40. The van der Waals surface area contributed by atoms with E-state index in [1.165, 1.54) is 0 Å². The molecular weight excluding hydrogens is 188 g/mol. The molecule has 1 aromatic carbocycles. The predicted octanol–water partition coefficient (Wildman–Crippen LogP) is 2.84. The molecule has 76 valence electrons. The van der Waals surface area contributed by atoms with E-state index < -0.39 is 0 Å². The topological polar surface area (TPSA) is 18.5 Å². The van der Waals surface area contributed by atoms with Crippen molar-refractivity contribution in [3.05, 3.63) is 29.8 Å². The Bertz CT molecular complexity index is 413. The Labute approximate surface area is 89.5 Å². The van der Waals surface area contributed by atoms with Crippen LogP contribution in [0.25, 0.3) is 6.08 Å². The minimum Gasteiger partial charge on any atom is -0.454 e. The van der Waals surface area contributed by atoms with Crippen molar-refractivity contribution in [1.82, 2.24) is 0 Å². The minimum absolute atomic E-state index is 0.319. The third kappa shape index (κ3) is 2.32. The highest BCUT2D eigenvalue weighted by Gasteiger charge is 2.11. The molecule has 1 heterocycles. The van der Waals surface area contributed by atoms with Gasteiger partial charge in [-0.15, -0.1) is 12.3 Å². The number of ether oxygens (including phenoxy) is 2. The molecule has 0 aromatic heterocycles. The standard InChI is InChI=1S/C13H12O2/c1-2-3-4-5-6-11-7-8-12-13(9-11)15-10-14-12/h1,5-9H,3-4,10H2/b6-5+. The second-order valence-corrected chi connectivity index (χ2v) is 3.26. The number of terminal acetylenes is 1. The van der Waals surface area contributed by atoms with Gasteiger partial charge < -0.3 is 9.47 Å². The maximum atomic E-state index is 5.28. The molecule has 0 atom stereocenters. The molecule has 1 aromatic rings. The minimum atomic E-state index is 0.319. The zero-order chi connectivity index (χ0) is 10.5. The van der Waals surface area contributed by atoms with Crippen LogP contribution in [-0.2, 0) is 0 Å². The summed E-state index contributed by atoms with van der Waals surface area (Å²) < 4.78 is 10.5.